The van der Waals surface area contributed by atoms with E-state index in [0.29, 0.717) is 55.7 Å². The van der Waals surface area contributed by atoms with Gasteiger partial charge in [-0.25, -0.2) is 4.98 Å². The number of H-pyrrole nitrogens is 1. The molecule has 0 aliphatic carbocycles. The van der Waals surface area contributed by atoms with E-state index < -0.39 is 0 Å². The SMILES string of the molecule is CCN(CC(=O)N1CCC(C(=O)Nc2ccccc2)CC1)Cc1nc2ccccc2c(=O)[nH]1. The Morgan fingerprint density at radius 3 is 2.52 bits per heavy atom. The molecular weight excluding hydrogens is 418 g/mol. The Bertz CT molecular complexity index is 1170. The number of nitrogens with one attached hydrogen (secondary N) is 2. The van der Waals surface area contributed by atoms with Crippen LogP contribution in [0.5, 0.6) is 0 Å². The number of likely N-dealkylation sites (tertiary alicyclic amines) is 1. The number of aromatic nitrogens is 2. The molecule has 1 aliphatic rings. The minimum atomic E-state index is -0.172. The van der Waals surface area contributed by atoms with Gasteiger partial charge < -0.3 is 15.2 Å². The fourth-order valence-corrected chi connectivity index (χ4v) is 4.15. The summed E-state index contributed by atoms with van der Waals surface area (Å²) < 4.78 is 0. The molecule has 0 bridgehead atoms. The quantitative estimate of drug-likeness (QED) is 0.580. The first-order valence-corrected chi connectivity index (χ1v) is 11.4. The third-order valence-corrected chi connectivity index (χ3v) is 6.10. The number of anilines is 1. The molecule has 0 spiro atoms. The number of para-hydroxylation sites is 2. The normalized spacial score (nSPS) is 14.5. The van der Waals surface area contributed by atoms with Crippen molar-refractivity contribution in [3.63, 3.8) is 0 Å². The summed E-state index contributed by atoms with van der Waals surface area (Å²) >= 11 is 0. The third-order valence-electron chi connectivity index (χ3n) is 6.10. The lowest BCUT2D eigenvalue weighted by molar-refractivity contribution is -0.135. The predicted octanol–water partition coefficient (Wildman–Crippen LogP) is 2.62. The number of nitrogens with zero attached hydrogens (tertiary/aromatic N) is 3. The molecule has 2 N–H and O–H groups in total. The fraction of sp³-hybridized carbons (Fsp3) is 0.360. The molecule has 0 unspecified atom stereocenters. The van der Waals surface area contributed by atoms with Crippen LogP contribution >= 0.6 is 0 Å². The van der Waals surface area contributed by atoms with Crippen molar-refractivity contribution < 1.29 is 9.59 Å². The van der Waals surface area contributed by atoms with Crippen molar-refractivity contribution in [3.05, 3.63) is 70.8 Å². The number of amides is 2. The van der Waals surface area contributed by atoms with Gasteiger partial charge in [-0.2, -0.15) is 0 Å². The van der Waals surface area contributed by atoms with Crippen LogP contribution in [-0.2, 0) is 16.1 Å². The molecule has 4 rings (SSSR count). The first-order valence-electron chi connectivity index (χ1n) is 11.4. The van der Waals surface area contributed by atoms with Crippen LogP contribution in [0.25, 0.3) is 10.9 Å². The molecule has 8 heteroatoms. The highest BCUT2D eigenvalue weighted by atomic mass is 16.2. The van der Waals surface area contributed by atoms with Gasteiger partial charge in [0, 0.05) is 24.7 Å². The van der Waals surface area contributed by atoms with E-state index in [-0.39, 0.29) is 29.8 Å². The molecule has 33 heavy (non-hydrogen) atoms. The highest BCUT2D eigenvalue weighted by molar-refractivity contribution is 5.92. The van der Waals surface area contributed by atoms with E-state index in [0.717, 1.165) is 5.69 Å². The second-order valence-corrected chi connectivity index (χ2v) is 8.34. The molecule has 8 nitrogen and oxygen atoms in total. The van der Waals surface area contributed by atoms with Crippen LogP contribution in [0.1, 0.15) is 25.6 Å². The Kier molecular flexibility index (Phi) is 7.14. The minimum Gasteiger partial charge on any atom is -0.342 e. The second-order valence-electron chi connectivity index (χ2n) is 8.34. The average molecular weight is 448 g/mol. The lowest BCUT2D eigenvalue weighted by Crippen LogP contribution is -2.45. The molecule has 1 aliphatic heterocycles. The van der Waals surface area contributed by atoms with E-state index >= 15 is 0 Å². The van der Waals surface area contributed by atoms with Crippen molar-refractivity contribution in [1.29, 1.82) is 0 Å². The number of hydrogen-bond donors (Lipinski definition) is 2. The van der Waals surface area contributed by atoms with E-state index in [4.69, 9.17) is 0 Å². The molecule has 3 aromatic rings. The lowest BCUT2D eigenvalue weighted by Gasteiger charge is -2.33. The van der Waals surface area contributed by atoms with Gasteiger partial charge in [-0.3, -0.25) is 19.3 Å². The van der Waals surface area contributed by atoms with Crippen molar-refractivity contribution in [2.45, 2.75) is 26.3 Å². The van der Waals surface area contributed by atoms with E-state index in [1.807, 2.05) is 65.3 Å². The van der Waals surface area contributed by atoms with Gasteiger partial charge in [-0.05, 0) is 43.7 Å². The number of aromatic amines is 1. The standard InChI is InChI=1S/C25H29N5O3/c1-2-29(16-22-27-21-11-7-6-10-20(21)25(33)28-22)17-23(31)30-14-12-18(13-15-30)24(32)26-19-8-4-3-5-9-19/h3-11,18H,2,12-17H2,1H3,(H,26,32)(H,27,28,33). The van der Waals surface area contributed by atoms with Crippen LogP contribution in [0.15, 0.2) is 59.4 Å². The van der Waals surface area contributed by atoms with Crippen molar-refractivity contribution in [2.24, 2.45) is 5.92 Å². The second kappa shape index (κ2) is 10.4. The van der Waals surface area contributed by atoms with Crippen LogP contribution in [0.4, 0.5) is 5.69 Å². The number of piperidine rings is 1. The number of likely N-dealkylation sites (N-methyl/N-ethyl adjacent to an activating group) is 1. The number of hydrogen-bond acceptors (Lipinski definition) is 5. The van der Waals surface area contributed by atoms with Gasteiger partial charge in [-0.15, -0.1) is 0 Å². The Labute approximate surface area is 192 Å². The molecule has 172 valence electrons. The highest BCUT2D eigenvalue weighted by Gasteiger charge is 2.28. The number of carbonyl (C=O) groups is 2. The first kappa shape index (κ1) is 22.7. The summed E-state index contributed by atoms with van der Waals surface area (Å²) in [6.45, 7) is 4.39. The fourth-order valence-electron chi connectivity index (χ4n) is 4.15. The molecule has 1 fully saturated rings. The van der Waals surface area contributed by atoms with E-state index in [1.165, 1.54) is 0 Å². The summed E-state index contributed by atoms with van der Waals surface area (Å²) in [5, 5.41) is 3.51. The zero-order chi connectivity index (χ0) is 23.2. The topological polar surface area (TPSA) is 98.4 Å². The van der Waals surface area contributed by atoms with Gasteiger partial charge in [0.1, 0.15) is 5.82 Å². The number of benzene rings is 2. The highest BCUT2D eigenvalue weighted by Crippen LogP contribution is 2.20. The Balaban J connectivity index is 1.30. The van der Waals surface area contributed by atoms with E-state index in [1.54, 1.807) is 6.07 Å². The predicted molar refractivity (Wildman–Crippen MR) is 128 cm³/mol. The van der Waals surface area contributed by atoms with Crippen LogP contribution in [0, 0.1) is 5.92 Å². The van der Waals surface area contributed by atoms with Crippen LogP contribution in [0.2, 0.25) is 0 Å². The number of fused-ring (bicyclic) bond motifs is 1. The smallest absolute Gasteiger partial charge is 0.258 e. The van der Waals surface area contributed by atoms with E-state index in [9.17, 15) is 14.4 Å². The van der Waals surface area contributed by atoms with Gasteiger partial charge in [0.2, 0.25) is 11.8 Å². The summed E-state index contributed by atoms with van der Waals surface area (Å²) in [7, 11) is 0. The van der Waals surface area contributed by atoms with Gasteiger partial charge in [0.25, 0.3) is 5.56 Å². The van der Waals surface area contributed by atoms with Gasteiger partial charge >= 0.3 is 0 Å². The van der Waals surface area contributed by atoms with Crippen molar-refractivity contribution in [3.8, 4) is 0 Å². The summed E-state index contributed by atoms with van der Waals surface area (Å²) in [5.41, 5.74) is 1.27. The summed E-state index contributed by atoms with van der Waals surface area (Å²) in [4.78, 5) is 48.9. The zero-order valence-electron chi connectivity index (χ0n) is 18.8. The maximum atomic E-state index is 12.9. The monoisotopic (exact) mass is 447 g/mol. The number of carbonyl (C=O) groups excluding carboxylic acids is 2. The zero-order valence-corrected chi connectivity index (χ0v) is 18.8. The van der Waals surface area contributed by atoms with E-state index in [2.05, 4.69) is 15.3 Å². The molecule has 0 radical (unpaired) electrons. The van der Waals surface area contributed by atoms with Crippen molar-refractivity contribution in [2.75, 3.05) is 31.5 Å². The van der Waals surface area contributed by atoms with Gasteiger partial charge in [-0.1, -0.05) is 37.3 Å². The molecule has 2 amide bonds. The molecule has 2 heterocycles. The molecule has 1 aromatic heterocycles. The van der Waals surface area contributed by atoms with Crippen molar-refractivity contribution >= 4 is 28.4 Å². The minimum absolute atomic E-state index is 0.00909. The van der Waals surface area contributed by atoms with Crippen LogP contribution < -0.4 is 10.9 Å². The first-order chi connectivity index (χ1) is 16.0. The third kappa shape index (κ3) is 5.64. The molecule has 1 saturated heterocycles. The summed E-state index contributed by atoms with van der Waals surface area (Å²) in [5.74, 6) is 0.491. The van der Waals surface area contributed by atoms with Gasteiger partial charge in [0.05, 0.1) is 24.0 Å². The Hall–Kier alpha value is -3.52. The van der Waals surface area contributed by atoms with Crippen LogP contribution in [-0.4, -0.2) is 57.8 Å². The summed E-state index contributed by atoms with van der Waals surface area (Å²) in [6, 6.07) is 16.6. The van der Waals surface area contributed by atoms with Crippen molar-refractivity contribution in [1.82, 2.24) is 19.8 Å². The Morgan fingerprint density at radius 1 is 1.09 bits per heavy atom. The number of rotatable bonds is 7. The molecule has 0 saturated carbocycles. The molecule has 2 aromatic carbocycles. The molecular formula is C25H29N5O3. The average Bonchev–Trinajstić information content (AvgIpc) is 2.84. The van der Waals surface area contributed by atoms with Crippen LogP contribution in [0.3, 0.4) is 0 Å². The van der Waals surface area contributed by atoms with Gasteiger partial charge in [0.15, 0.2) is 0 Å². The maximum Gasteiger partial charge on any atom is 0.258 e. The summed E-state index contributed by atoms with van der Waals surface area (Å²) in [6.07, 6.45) is 1.30. The Morgan fingerprint density at radius 2 is 1.79 bits per heavy atom. The lowest BCUT2D eigenvalue weighted by atomic mass is 9.95. The molecule has 0 atom stereocenters. The largest absolute Gasteiger partial charge is 0.342 e. The maximum absolute atomic E-state index is 12.9.